The first kappa shape index (κ1) is 31.7. The lowest BCUT2D eigenvalue weighted by atomic mass is 10.3. The van der Waals surface area contributed by atoms with Crippen molar-refractivity contribution in [2.45, 2.75) is 49.3 Å². The summed E-state index contributed by atoms with van der Waals surface area (Å²) in [6, 6.07) is 9.08. The average Bonchev–Trinajstić information content (AvgIpc) is 2.81. The van der Waals surface area contributed by atoms with Gasteiger partial charge < -0.3 is 18.9 Å². The molecular weight excluding hydrogens is 519 g/mol. The highest BCUT2D eigenvalue weighted by Crippen LogP contribution is 2.36. The van der Waals surface area contributed by atoms with Gasteiger partial charge in [-0.15, -0.1) is 13.2 Å². The molecule has 0 bridgehead atoms. The SMILES string of the molecule is CCCCN(CCC)Sc1ccc(OC)c(OC(F)(F)F)c1.COc1ccc(S(C)(=O)=O)cc1OC. The van der Waals surface area contributed by atoms with E-state index in [4.69, 9.17) is 14.2 Å². The Morgan fingerprint density at radius 3 is 1.92 bits per heavy atom. The lowest BCUT2D eigenvalue weighted by Crippen LogP contribution is -2.19. The molecule has 0 fully saturated rings. The molecule has 0 heterocycles. The molecule has 36 heavy (non-hydrogen) atoms. The Bertz CT molecular complexity index is 1050. The van der Waals surface area contributed by atoms with Crippen LogP contribution in [0.5, 0.6) is 23.0 Å². The maximum Gasteiger partial charge on any atom is 0.573 e. The highest BCUT2D eigenvalue weighted by atomic mass is 32.2. The van der Waals surface area contributed by atoms with Gasteiger partial charge in [0, 0.05) is 30.3 Å². The second-order valence-electron chi connectivity index (χ2n) is 7.52. The summed E-state index contributed by atoms with van der Waals surface area (Å²) in [5.41, 5.74) is 0. The van der Waals surface area contributed by atoms with Crippen molar-refractivity contribution >= 4 is 21.8 Å². The van der Waals surface area contributed by atoms with E-state index < -0.39 is 16.2 Å². The van der Waals surface area contributed by atoms with Crippen molar-refractivity contribution in [3.8, 4) is 23.0 Å². The number of benzene rings is 2. The predicted octanol–water partition coefficient (Wildman–Crippen LogP) is 6.22. The van der Waals surface area contributed by atoms with E-state index in [9.17, 15) is 21.6 Å². The number of hydrogen-bond donors (Lipinski definition) is 0. The smallest absolute Gasteiger partial charge is 0.493 e. The van der Waals surface area contributed by atoms with Crippen molar-refractivity contribution in [3.63, 3.8) is 0 Å². The van der Waals surface area contributed by atoms with Gasteiger partial charge in [-0.3, -0.25) is 0 Å². The Hall–Kier alpha value is -2.31. The standard InChI is InChI=1S/C15H22F3NO2S.C9H12O4S/c1-4-6-10-19(9-5-2)22-12-7-8-13(20-3)14(11-12)21-15(16,17)18;1-12-8-5-4-7(14(3,10)11)6-9(8)13-2/h7-8,11H,4-6,9-10H2,1-3H3;4-6H,1-3H3. The molecule has 0 N–H and O–H groups in total. The van der Waals surface area contributed by atoms with Gasteiger partial charge in [0.15, 0.2) is 32.8 Å². The molecule has 0 amide bonds. The fourth-order valence-electron chi connectivity index (χ4n) is 2.90. The second-order valence-corrected chi connectivity index (χ2v) is 10.7. The van der Waals surface area contributed by atoms with Gasteiger partial charge in [-0.2, -0.15) is 0 Å². The number of hydrogen-bond acceptors (Lipinski definition) is 8. The number of nitrogens with zero attached hydrogens (tertiary/aromatic N) is 1. The van der Waals surface area contributed by atoms with E-state index in [1.54, 1.807) is 12.1 Å². The van der Waals surface area contributed by atoms with Crippen LogP contribution in [0.25, 0.3) is 0 Å². The van der Waals surface area contributed by atoms with Crippen LogP contribution in [0.2, 0.25) is 0 Å². The first-order chi connectivity index (χ1) is 16.9. The van der Waals surface area contributed by atoms with E-state index >= 15 is 0 Å². The lowest BCUT2D eigenvalue weighted by molar-refractivity contribution is -0.275. The van der Waals surface area contributed by atoms with E-state index in [1.165, 1.54) is 57.5 Å². The maximum absolute atomic E-state index is 12.4. The van der Waals surface area contributed by atoms with Gasteiger partial charge in [0.05, 0.1) is 26.2 Å². The van der Waals surface area contributed by atoms with Crippen molar-refractivity contribution in [1.29, 1.82) is 0 Å². The molecule has 0 saturated carbocycles. The Morgan fingerprint density at radius 1 is 0.833 bits per heavy atom. The molecule has 0 saturated heterocycles. The molecule has 0 unspecified atom stereocenters. The van der Waals surface area contributed by atoms with Gasteiger partial charge in [-0.1, -0.05) is 20.3 Å². The van der Waals surface area contributed by atoms with Crippen LogP contribution in [0.15, 0.2) is 46.2 Å². The number of unbranched alkanes of at least 4 members (excludes halogenated alkanes) is 1. The van der Waals surface area contributed by atoms with Crippen LogP contribution in [-0.4, -0.2) is 59.8 Å². The zero-order valence-corrected chi connectivity index (χ0v) is 23.0. The first-order valence-electron chi connectivity index (χ1n) is 11.2. The van der Waals surface area contributed by atoms with E-state index in [1.807, 2.05) is 0 Å². The molecule has 0 aliphatic heterocycles. The minimum atomic E-state index is -4.73. The van der Waals surface area contributed by atoms with E-state index in [0.29, 0.717) is 16.4 Å². The number of sulfone groups is 1. The molecule has 2 rings (SSSR count). The molecule has 0 spiro atoms. The molecule has 2 aromatic carbocycles. The molecule has 204 valence electrons. The molecule has 0 atom stereocenters. The Kier molecular flexibility index (Phi) is 13.3. The highest BCUT2D eigenvalue weighted by Gasteiger charge is 2.32. The molecular formula is C24H34F3NO6S2. The lowest BCUT2D eigenvalue weighted by Gasteiger charge is -2.21. The van der Waals surface area contributed by atoms with Crippen molar-refractivity contribution < 1.29 is 40.5 Å². The van der Waals surface area contributed by atoms with Crippen LogP contribution in [0.3, 0.4) is 0 Å². The quantitative estimate of drug-likeness (QED) is 0.287. The van der Waals surface area contributed by atoms with Crippen molar-refractivity contribution in [2.75, 3.05) is 40.7 Å². The number of halogens is 3. The van der Waals surface area contributed by atoms with Crippen molar-refractivity contribution in [1.82, 2.24) is 4.31 Å². The third-order valence-corrected chi connectivity index (χ3v) is 6.81. The zero-order chi connectivity index (χ0) is 27.4. The van der Waals surface area contributed by atoms with Crippen molar-refractivity contribution in [2.24, 2.45) is 0 Å². The van der Waals surface area contributed by atoms with Gasteiger partial charge in [0.25, 0.3) is 0 Å². The van der Waals surface area contributed by atoms with Crippen LogP contribution in [-0.2, 0) is 9.84 Å². The monoisotopic (exact) mass is 553 g/mol. The topological polar surface area (TPSA) is 74.3 Å². The fourth-order valence-corrected chi connectivity index (χ4v) is 4.62. The molecule has 2 aromatic rings. The largest absolute Gasteiger partial charge is 0.573 e. The Balaban J connectivity index is 0.000000397. The van der Waals surface area contributed by atoms with E-state index in [2.05, 4.69) is 22.9 Å². The Labute approximate surface area is 215 Å². The maximum atomic E-state index is 12.4. The third kappa shape index (κ3) is 11.2. The third-order valence-electron chi connectivity index (χ3n) is 4.61. The molecule has 0 radical (unpaired) electrons. The molecule has 12 heteroatoms. The highest BCUT2D eigenvalue weighted by molar-refractivity contribution is 7.97. The second kappa shape index (κ2) is 15.1. The zero-order valence-electron chi connectivity index (χ0n) is 21.3. The van der Waals surface area contributed by atoms with Gasteiger partial charge in [-0.25, -0.2) is 12.7 Å². The molecule has 0 aliphatic rings. The van der Waals surface area contributed by atoms with Crippen LogP contribution in [0.4, 0.5) is 13.2 Å². The minimum Gasteiger partial charge on any atom is -0.493 e. The van der Waals surface area contributed by atoms with Crippen molar-refractivity contribution in [3.05, 3.63) is 36.4 Å². The van der Waals surface area contributed by atoms with Gasteiger partial charge in [0.2, 0.25) is 0 Å². The molecule has 0 aliphatic carbocycles. The normalized spacial score (nSPS) is 11.5. The fraction of sp³-hybridized carbons (Fsp3) is 0.500. The van der Waals surface area contributed by atoms with Crippen LogP contribution in [0, 0.1) is 0 Å². The Morgan fingerprint density at radius 2 is 1.42 bits per heavy atom. The summed E-state index contributed by atoms with van der Waals surface area (Å²) in [5.74, 6) is 0.680. The number of ether oxygens (including phenoxy) is 4. The summed E-state index contributed by atoms with van der Waals surface area (Å²) in [7, 11) is 1.08. The first-order valence-corrected chi connectivity index (χ1v) is 13.8. The summed E-state index contributed by atoms with van der Waals surface area (Å²) in [5, 5.41) is 0. The van der Waals surface area contributed by atoms with Gasteiger partial charge in [-0.05, 0) is 55.1 Å². The minimum absolute atomic E-state index is 0.0669. The van der Waals surface area contributed by atoms with Gasteiger partial charge >= 0.3 is 6.36 Å². The van der Waals surface area contributed by atoms with Gasteiger partial charge in [0.1, 0.15) is 0 Å². The van der Waals surface area contributed by atoms with Crippen LogP contribution in [0.1, 0.15) is 33.1 Å². The number of rotatable bonds is 12. The average molecular weight is 554 g/mol. The number of alkyl halides is 3. The summed E-state index contributed by atoms with van der Waals surface area (Å²) < 4.78 is 80.8. The predicted molar refractivity (Wildman–Crippen MR) is 135 cm³/mol. The summed E-state index contributed by atoms with van der Waals surface area (Å²) in [6.07, 6.45) is -0.476. The van der Waals surface area contributed by atoms with E-state index in [-0.39, 0.29) is 16.4 Å². The molecule has 0 aromatic heterocycles. The number of methoxy groups -OCH3 is 3. The van der Waals surface area contributed by atoms with Crippen LogP contribution >= 0.6 is 11.9 Å². The summed E-state index contributed by atoms with van der Waals surface area (Å²) in [4.78, 5) is 0.916. The van der Waals surface area contributed by atoms with E-state index in [0.717, 1.165) is 38.6 Å². The summed E-state index contributed by atoms with van der Waals surface area (Å²) in [6.45, 7) is 5.96. The molecule has 7 nitrogen and oxygen atoms in total. The van der Waals surface area contributed by atoms with Crippen LogP contribution < -0.4 is 18.9 Å². The summed E-state index contributed by atoms with van der Waals surface area (Å²) >= 11 is 1.44.